The molecule has 1 rings (SSSR count). The van der Waals surface area contributed by atoms with E-state index in [1.807, 2.05) is 0 Å². The molecule has 1 N–H and O–H groups in total. The van der Waals surface area contributed by atoms with Crippen LogP contribution in [0, 0.1) is 11.5 Å². The highest BCUT2D eigenvalue weighted by atomic mass is 32.2. The largest absolute Gasteiger partial charge is 0.480 e. The van der Waals surface area contributed by atoms with E-state index in [0.29, 0.717) is 6.07 Å². The van der Waals surface area contributed by atoms with Crippen LogP contribution in [-0.4, -0.2) is 20.5 Å². The molecule has 0 bridgehead atoms. The van der Waals surface area contributed by atoms with Crippen LogP contribution >= 0.6 is 0 Å². The number of aromatic nitrogens is 1. The Balaban J connectivity index is 3.64. The third-order valence-corrected chi connectivity index (χ3v) is 3.11. The Hall–Kier alpha value is -2.02. The number of hydrogen-bond acceptors (Lipinski definition) is 5. The molecule has 0 aliphatic heterocycles. The molecular formula is C8H6F3N3O3S. The lowest BCUT2D eigenvalue weighted by Crippen LogP contribution is -2.23. The van der Waals surface area contributed by atoms with Crippen molar-refractivity contribution >= 4 is 10.0 Å². The van der Waals surface area contributed by atoms with E-state index in [0.717, 1.165) is 19.5 Å². The molecule has 6 nitrogen and oxygen atoms in total. The van der Waals surface area contributed by atoms with Crippen molar-refractivity contribution in [2.24, 2.45) is 0 Å². The topological polar surface area (TPSA) is 92.1 Å². The first-order valence-corrected chi connectivity index (χ1v) is 5.73. The van der Waals surface area contributed by atoms with Gasteiger partial charge in [-0.3, -0.25) is 0 Å². The second kappa shape index (κ2) is 4.69. The van der Waals surface area contributed by atoms with Crippen molar-refractivity contribution in [1.82, 2.24) is 9.71 Å². The standard InChI is InChI=1S/C8H6F3N3O3S/c1-17-7-6(18(15,16)14-4-12)5(2-3-13-7)8(9,10)11/h2-3,14H,1H3. The zero-order valence-electron chi connectivity index (χ0n) is 8.82. The van der Waals surface area contributed by atoms with Crippen molar-refractivity contribution < 1.29 is 26.3 Å². The summed E-state index contributed by atoms with van der Waals surface area (Å²) < 4.78 is 66.8. The fraction of sp³-hybridized carbons (Fsp3) is 0.250. The number of alkyl halides is 3. The number of pyridine rings is 1. The van der Waals surface area contributed by atoms with Crippen molar-refractivity contribution in [3.63, 3.8) is 0 Å². The summed E-state index contributed by atoms with van der Waals surface area (Å²) in [6, 6.07) is 0.481. The smallest absolute Gasteiger partial charge is 0.418 e. The van der Waals surface area contributed by atoms with Gasteiger partial charge in [0.15, 0.2) is 11.1 Å². The second-order valence-electron chi connectivity index (χ2n) is 2.91. The van der Waals surface area contributed by atoms with Crippen molar-refractivity contribution in [3.05, 3.63) is 17.8 Å². The van der Waals surface area contributed by atoms with E-state index in [2.05, 4.69) is 9.72 Å². The predicted octanol–water partition coefficient (Wildman–Crippen LogP) is 0.868. The number of nitrogens with one attached hydrogen (secondary N) is 1. The van der Waals surface area contributed by atoms with Gasteiger partial charge in [-0.2, -0.15) is 18.4 Å². The average Bonchev–Trinajstić information content (AvgIpc) is 2.26. The van der Waals surface area contributed by atoms with Gasteiger partial charge in [-0.05, 0) is 6.07 Å². The minimum atomic E-state index is -4.92. The number of halogens is 3. The van der Waals surface area contributed by atoms with Crippen molar-refractivity contribution in [1.29, 1.82) is 5.26 Å². The molecule has 0 unspecified atom stereocenters. The highest BCUT2D eigenvalue weighted by Gasteiger charge is 2.40. The molecule has 0 atom stereocenters. The van der Waals surface area contributed by atoms with Crippen LogP contribution in [0.25, 0.3) is 0 Å². The third-order valence-electron chi connectivity index (χ3n) is 1.82. The molecule has 18 heavy (non-hydrogen) atoms. The minimum Gasteiger partial charge on any atom is -0.480 e. The van der Waals surface area contributed by atoms with Gasteiger partial charge in [-0.15, -0.1) is 0 Å². The number of nitrogens with zero attached hydrogens (tertiary/aromatic N) is 2. The van der Waals surface area contributed by atoms with Gasteiger partial charge in [-0.25, -0.2) is 18.1 Å². The first-order chi connectivity index (χ1) is 8.24. The van der Waals surface area contributed by atoms with Crippen LogP contribution in [0.4, 0.5) is 13.2 Å². The summed E-state index contributed by atoms with van der Waals surface area (Å²) >= 11 is 0. The van der Waals surface area contributed by atoms with Crippen LogP contribution < -0.4 is 9.46 Å². The first kappa shape index (κ1) is 14.0. The van der Waals surface area contributed by atoms with Gasteiger partial charge in [0.2, 0.25) is 5.88 Å². The Labute approximate surface area is 100 Å². The molecule has 0 saturated heterocycles. The number of methoxy groups -OCH3 is 1. The number of sulfonamides is 1. The molecule has 98 valence electrons. The second-order valence-corrected chi connectivity index (χ2v) is 4.53. The Morgan fingerprint density at radius 2 is 2.11 bits per heavy atom. The van der Waals surface area contributed by atoms with E-state index in [9.17, 15) is 21.6 Å². The fourth-order valence-corrected chi connectivity index (χ4v) is 2.23. The Morgan fingerprint density at radius 1 is 1.50 bits per heavy atom. The molecule has 1 heterocycles. The number of hydrogen-bond donors (Lipinski definition) is 1. The first-order valence-electron chi connectivity index (χ1n) is 4.25. The molecule has 1 aromatic heterocycles. The van der Waals surface area contributed by atoms with Crippen LogP contribution in [-0.2, 0) is 16.2 Å². The number of nitriles is 1. The van der Waals surface area contributed by atoms with Gasteiger partial charge >= 0.3 is 6.18 Å². The fourth-order valence-electron chi connectivity index (χ4n) is 1.17. The lowest BCUT2D eigenvalue weighted by molar-refractivity contribution is -0.140. The summed E-state index contributed by atoms with van der Waals surface area (Å²) in [6.07, 6.45) is -3.12. The molecule has 0 radical (unpaired) electrons. The molecule has 0 amide bonds. The highest BCUT2D eigenvalue weighted by Crippen LogP contribution is 2.37. The summed E-state index contributed by atoms with van der Waals surface area (Å²) in [5.74, 6) is -0.743. The van der Waals surface area contributed by atoms with E-state index in [1.165, 1.54) is 4.72 Å². The molecule has 0 spiro atoms. The van der Waals surface area contributed by atoms with E-state index in [1.54, 1.807) is 0 Å². The number of ether oxygens (including phenoxy) is 1. The highest BCUT2D eigenvalue weighted by molar-refractivity contribution is 7.89. The monoisotopic (exact) mass is 281 g/mol. The van der Waals surface area contributed by atoms with Crippen molar-refractivity contribution in [2.75, 3.05) is 7.11 Å². The van der Waals surface area contributed by atoms with E-state index < -0.39 is 32.5 Å². The van der Waals surface area contributed by atoms with Crippen LogP contribution in [0.15, 0.2) is 17.2 Å². The SMILES string of the molecule is COc1nccc(C(F)(F)F)c1S(=O)(=O)NC#N. The maximum absolute atomic E-state index is 12.7. The third kappa shape index (κ3) is 2.62. The predicted molar refractivity (Wildman–Crippen MR) is 51.7 cm³/mol. The summed E-state index contributed by atoms with van der Waals surface area (Å²) in [5.41, 5.74) is -1.46. The van der Waals surface area contributed by atoms with Gasteiger partial charge in [0.25, 0.3) is 10.0 Å². The normalized spacial score (nSPS) is 11.7. The molecule has 0 saturated carbocycles. The zero-order chi connectivity index (χ0) is 14.0. The lowest BCUT2D eigenvalue weighted by Gasteiger charge is -2.14. The summed E-state index contributed by atoms with van der Waals surface area (Å²) in [7, 11) is -3.72. The average molecular weight is 281 g/mol. The van der Waals surface area contributed by atoms with Crippen molar-refractivity contribution in [2.45, 2.75) is 11.1 Å². The van der Waals surface area contributed by atoms with E-state index in [4.69, 9.17) is 5.26 Å². The molecule has 0 aliphatic rings. The molecule has 0 aromatic carbocycles. The maximum atomic E-state index is 12.7. The van der Waals surface area contributed by atoms with Crippen LogP contribution in [0.1, 0.15) is 5.56 Å². The summed E-state index contributed by atoms with van der Waals surface area (Å²) in [5, 5.41) is 8.24. The van der Waals surface area contributed by atoms with Gasteiger partial charge in [0, 0.05) is 6.20 Å². The zero-order valence-corrected chi connectivity index (χ0v) is 9.63. The quantitative estimate of drug-likeness (QED) is 0.655. The summed E-state index contributed by atoms with van der Waals surface area (Å²) in [4.78, 5) is 2.15. The van der Waals surface area contributed by atoms with Crippen LogP contribution in [0.5, 0.6) is 5.88 Å². The van der Waals surface area contributed by atoms with Crippen LogP contribution in [0.2, 0.25) is 0 Å². The molecular weight excluding hydrogens is 275 g/mol. The van der Waals surface area contributed by atoms with Gasteiger partial charge < -0.3 is 4.74 Å². The van der Waals surface area contributed by atoms with E-state index in [-0.39, 0.29) is 0 Å². The van der Waals surface area contributed by atoms with Crippen LogP contribution in [0.3, 0.4) is 0 Å². The minimum absolute atomic E-state index is 0.481. The molecule has 0 aliphatic carbocycles. The maximum Gasteiger partial charge on any atom is 0.418 e. The number of rotatable bonds is 3. The Bertz CT molecular complexity index is 592. The van der Waals surface area contributed by atoms with Gasteiger partial charge in [0.05, 0.1) is 12.7 Å². The molecule has 10 heteroatoms. The van der Waals surface area contributed by atoms with Gasteiger partial charge in [-0.1, -0.05) is 0 Å². The van der Waals surface area contributed by atoms with Crippen molar-refractivity contribution in [3.8, 4) is 12.1 Å². The van der Waals surface area contributed by atoms with Gasteiger partial charge in [0.1, 0.15) is 0 Å². The Morgan fingerprint density at radius 3 is 2.56 bits per heavy atom. The lowest BCUT2D eigenvalue weighted by atomic mass is 10.2. The summed E-state index contributed by atoms with van der Waals surface area (Å²) in [6.45, 7) is 0. The van der Waals surface area contributed by atoms with E-state index >= 15 is 0 Å². The molecule has 0 fully saturated rings. The molecule has 1 aromatic rings. The Kier molecular flexibility index (Phi) is 3.66.